The molecule has 0 saturated carbocycles. The van der Waals surface area contributed by atoms with Crippen molar-refractivity contribution in [1.29, 1.82) is 0 Å². The Morgan fingerprint density at radius 3 is 2.52 bits per heavy atom. The van der Waals surface area contributed by atoms with Gasteiger partial charge in [-0.05, 0) is 49.3 Å². The van der Waals surface area contributed by atoms with Crippen molar-refractivity contribution < 1.29 is 14.5 Å². The summed E-state index contributed by atoms with van der Waals surface area (Å²) in [6.07, 6.45) is 1.99. The van der Waals surface area contributed by atoms with Crippen LogP contribution in [0.25, 0.3) is 0 Å². The highest BCUT2D eigenvalue weighted by Crippen LogP contribution is 2.35. The summed E-state index contributed by atoms with van der Waals surface area (Å²) in [5.74, 6) is -0.529. The van der Waals surface area contributed by atoms with E-state index >= 15 is 0 Å². The molecule has 0 bridgehead atoms. The van der Waals surface area contributed by atoms with Gasteiger partial charge in [-0.2, -0.15) is 0 Å². The van der Waals surface area contributed by atoms with Crippen LogP contribution in [-0.2, 0) is 4.74 Å². The Balaban J connectivity index is 1.48. The molecule has 0 aliphatic carbocycles. The number of carbonyl (C=O) groups is 1. The number of hydrogen-bond donors (Lipinski definition) is 2. The average molecular weight is 490 g/mol. The number of benzene rings is 2. The molecule has 0 atom stereocenters. The molecule has 2 aliphatic rings. The number of morpholine rings is 1. The topological polar surface area (TPSA) is 100.0 Å². The molecule has 2 heterocycles. The first-order valence-corrected chi connectivity index (χ1v) is 11.5. The Labute approximate surface area is 201 Å². The van der Waals surface area contributed by atoms with Gasteiger partial charge in [0.15, 0.2) is 5.11 Å². The quantitative estimate of drug-likeness (QED) is 0.371. The van der Waals surface area contributed by atoms with Crippen molar-refractivity contribution in [1.82, 2.24) is 5.32 Å². The molecule has 0 aromatic heterocycles. The number of nitrogens with zero attached hydrogens (tertiary/aromatic N) is 3. The van der Waals surface area contributed by atoms with Crippen LogP contribution in [0.15, 0.2) is 36.4 Å². The van der Waals surface area contributed by atoms with Crippen LogP contribution >= 0.6 is 23.8 Å². The zero-order chi connectivity index (χ0) is 23.4. The van der Waals surface area contributed by atoms with Crippen LogP contribution < -0.4 is 20.4 Å². The molecular formula is C22H24ClN5O4S. The van der Waals surface area contributed by atoms with Gasteiger partial charge < -0.3 is 19.9 Å². The highest BCUT2D eigenvalue weighted by molar-refractivity contribution is 7.80. The van der Waals surface area contributed by atoms with E-state index in [1.807, 2.05) is 11.0 Å². The third kappa shape index (κ3) is 5.35. The number of nitro groups is 1. The summed E-state index contributed by atoms with van der Waals surface area (Å²) in [5, 5.41) is 17.9. The third-order valence-electron chi connectivity index (χ3n) is 5.67. The van der Waals surface area contributed by atoms with Crippen LogP contribution in [0.4, 0.5) is 22.7 Å². The summed E-state index contributed by atoms with van der Waals surface area (Å²) in [6, 6.07) is 9.91. The molecule has 2 aromatic rings. The number of hydrogen-bond acceptors (Lipinski definition) is 7. The highest BCUT2D eigenvalue weighted by atomic mass is 35.5. The van der Waals surface area contributed by atoms with Gasteiger partial charge in [0, 0.05) is 37.8 Å². The molecule has 11 heteroatoms. The van der Waals surface area contributed by atoms with Crippen molar-refractivity contribution in [2.45, 2.75) is 12.8 Å². The van der Waals surface area contributed by atoms with Gasteiger partial charge in [0.2, 0.25) is 0 Å². The van der Waals surface area contributed by atoms with E-state index in [4.69, 9.17) is 28.6 Å². The number of carbonyl (C=O) groups excluding carboxylic acids is 1. The van der Waals surface area contributed by atoms with E-state index < -0.39 is 10.8 Å². The lowest BCUT2D eigenvalue weighted by Gasteiger charge is -2.31. The van der Waals surface area contributed by atoms with E-state index in [-0.39, 0.29) is 16.4 Å². The van der Waals surface area contributed by atoms with E-state index in [0.717, 1.165) is 31.6 Å². The zero-order valence-corrected chi connectivity index (χ0v) is 19.5. The second kappa shape index (κ2) is 10.3. The summed E-state index contributed by atoms with van der Waals surface area (Å²) in [7, 11) is 0. The van der Waals surface area contributed by atoms with Crippen LogP contribution in [0.1, 0.15) is 23.2 Å². The largest absolute Gasteiger partial charge is 0.378 e. The normalized spacial score (nSPS) is 15.9. The standard InChI is InChI=1S/C22H24ClN5O4S/c23-16-4-3-5-17(20(16)27-10-12-32-13-11-27)24-22(33)25-21(29)15-6-7-18(19(14-15)28(30)31)26-8-1-2-9-26/h3-7,14H,1-2,8-13H2,(H2,24,25,29,33). The number of nitrogens with one attached hydrogen (secondary N) is 2. The Morgan fingerprint density at radius 1 is 1.09 bits per heavy atom. The van der Waals surface area contributed by atoms with E-state index in [2.05, 4.69) is 15.5 Å². The second-order valence-electron chi connectivity index (χ2n) is 7.80. The van der Waals surface area contributed by atoms with Gasteiger partial charge in [-0.1, -0.05) is 17.7 Å². The number of rotatable bonds is 5. The van der Waals surface area contributed by atoms with Gasteiger partial charge in [0.05, 0.1) is 34.5 Å². The number of ether oxygens (including phenoxy) is 1. The Hall–Kier alpha value is -2.95. The molecule has 0 unspecified atom stereocenters. The molecule has 2 aliphatic heterocycles. The molecule has 2 saturated heterocycles. The maximum Gasteiger partial charge on any atom is 0.293 e. The van der Waals surface area contributed by atoms with Crippen LogP contribution in [-0.4, -0.2) is 55.3 Å². The number of thiocarbonyl (C=S) groups is 1. The molecule has 0 radical (unpaired) electrons. The van der Waals surface area contributed by atoms with Crippen LogP contribution in [0.2, 0.25) is 5.02 Å². The molecule has 0 spiro atoms. The minimum atomic E-state index is -0.529. The smallest absolute Gasteiger partial charge is 0.293 e. The molecule has 9 nitrogen and oxygen atoms in total. The predicted octanol–water partition coefficient (Wildman–Crippen LogP) is 3.81. The van der Waals surface area contributed by atoms with Crippen molar-refractivity contribution >= 4 is 57.6 Å². The summed E-state index contributed by atoms with van der Waals surface area (Å²) < 4.78 is 5.41. The Kier molecular flexibility index (Phi) is 7.26. The van der Waals surface area contributed by atoms with Crippen LogP contribution in [0.3, 0.4) is 0 Å². The second-order valence-corrected chi connectivity index (χ2v) is 8.61. The zero-order valence-electron chi connectivity index (χ0n) is 17.9. The predicted molar refractivity (Wildman–Crippen MR) is 133 cm³/mol. The minimum Gasteiger partial charge on any atom is -0.378 e. The Bertz CT molecular complexity index is 1070. The number of anilines is 3. The van der Waals surface area contributed by atoms with E-state index in [9.17, 15) is 14.9 Å². The number of halogens is 1. The lowest BCUT2D eigenvalue weighted by molar-refractivity contribution is -0.384. The number of amides is 1. The lowest BCUT2D eigenvalue weighted by atomic mass is 10.1. The van der Waals surface area contributed by atoms with Gasteiger partial charge in [-0.25, -0.2) is 0 Å². The van der Waals surface area contributed by atoms with Gasteiger partial charge in [-0.3, -0.25) is 20.2 Å². The summed E-state index contributed by atoms with van der Waals surface area (Å²) in [6.45, 7) is 4.10. The summed E-state index contributed by atoms with van der Waals surface area (Å²) >= 11 is 11.8. The molecule has 2 fully saturated rings. The number of para-hydroxylation sites is 1. The molecule has 2 N–H and O–H groups in total. The summed E-state index contributed by atoms with van der Waals surface area (Å²) in [4.78, 5) is 28.0. The fourth-order valence-electron chi connectivity index (χ4n) is 4.09. The molecule has 1 amide bonds. The third-order valence-corrected chi connectivity index (χ3v) is 6.18. The first kappa shape index (κ1) is 23.2. The van der Waals surface area contributed by atoms with Crippen LogP contribution in [0, 0.1) is 10.1 Å². The van der Waals surface area contributed by atoms with Crippen molar-refractivity contribution in [3.8, 4) is 0 Å². The maximum absolute atomic E-state index is 12.8. The van der Waals surface area contributed by atoms with E-state index in [0.29, 0.717) is 42.7 Å². The van der Waals surface area contributed by atoms with Crippen molar-refractivity contribution in [3.63, 3.8) is 0 Å². The van der Waals surface area contributed by atoms with E-state index in [1.165, 1.54) is 6.07 Å². The fraction of sp³-hybridized carbons (Fsp3) is 0.364. The molecule has 33 heavy (non-hydrogen) atoms. The minimum absolute atomic E-state index is 0.0723. The van der Waals surface area contributed by atoms with Gasteiger partial charge >= 0.3 is 0 Å². The fourth-order valence-corrected chi connectivity index (χ4v) is 4.59. The van der Waals surface area contributed by atoms with E-state index in [1.54, 1.807) is 24.3 Å². The Morgan fingerprint density at radius 2 is 1.82 bits per heavy atom. The summed E-state index contributed by atoms with van der Waals surface area (Å²) in [5.41, 5.74) is 2.04. The van der Waals surface area contributed by atoms with Gasteiger partial charge in [-0.15, -0.1) is 0 Å². The lowest BCUT2D eigenvalue weighted by Crippen LogP contribution is -2.38. The van der Waals surface area contributed by atoms with Crippen molar-refractivity contribution in [3.05, 3.63) is 57.1 Å². The SMILES string of the molecule is O=C(NC(=S)Nc1cccc(Cl)c1N1CCOCC1)c1ccc(N2CCCC2)c([N+](=O)[O-])c1. The molecule has 2 aromatic carbocycles. The molecule has 4 rings (SSSR count). The van der Waals surface area contributed by atoms with Gasteiger partial charge in [0.25, 0.3) is 11.6 Å². The van der Waals surface area contributed by atoms with Crippen molar-refractivity contribution in [2.75, 3.05) is 54.5 Å². The van der Waals surface area contributed by atoms with Gasteiger partial charge in [0.1, 0.15) is 5.69 Å². The highest BCUT2D eigenvalue weighted by Gasteiger charge is 2.24. The monoisotopic (exact) mass is 489 g/mol. The number of nitro benzene ring substituents is 1. The first-order chi connectivity index (χ1) is 15.9. The molecule has 174 valence electrons. The molecular weight excluding hydrogens is 466 g/mol. The maximum atomic E-state index is 12.8. The average Bonchev–Trinajstić information content (AvgIpc) is 3.34. The van der Waals surface area contributed by atoms with Crippen LogP contribution in [0.5, 0.6) is 0 Å². The van der Waals surface area contributed by atoms with Crippen molar-refractivity contribution in [2.24, 2.45) is 0 Å². The first-order valence-electron chi connectivity index (χ1n) is 10.7.